The second-order valence-corrected chi connectivity index (χ2v) is 6.87. The van der Waals surface area contributed by atoms with Gasteiger partial charge in [-0.2, -0.15) is 0 Å². The molecular weight excluding hydrogens is 286 g/mol. The molecule has 3 heteroatoms. The fourth-order valence-electron chi connectivity index (χ4n) is 3.60. The van der Waals surface area contributed by atoms with Crippen molar-refractivity contribution in [2.45, 2.75) is 70.9 Å². The number of ether oxygens (including phenoxy) is 1. The van der Waals surface area contributed by atoms with E-state index in [1.165, 1.54) is 56.8 Å². The van der Waals surface area contributed by atoms with Crippen molar-refractivity contribution in [3.05, 3.63) is 35.4 Å². The van der Waals surface area contributed by atoms with E-state index in [1.54, 1.807) is 0 Å². The fourth-order valence-corrected chi connectivity index (χ4v) is 3.60. The van der Waals surface area contributed by atoms with Crippen molar-refractivity contribution in [2.75, 3.05) is 7.11 Å². The standard InChI is InChI=1S/C20H31NO2/c1-16(14-17-8-4-3-5-9-17)21-15-19-11-7-6-10-18(19)12-13-20(22)23-2/h6-7,10-11,16-17,21H,3-5,8-9,12-15H2,1-2H3. The highest BCUT2D eigenvalue weighted by molar-refractivity contribution is 5.69. The van der Waals surface area contributed by atoms with Gasteiger partial charge >= 0.3 is 5.97 Å². The molecule has 0 bridgehead atoms. The highest BCUT2D eigenvalue weighted by Crippen LogP contribution is 2.27. The van der Waals surface area contributed by atoms with E-state index in [9.17, 15) is 4.79 Å². The highest BCUT2D eigenvalue weighted by atomic mass is 16.5. The minimum Gasteiger partial charge on any atom is -0.469 e. The van der Waals surface area contributed by atoms with Crippen LogP contribution in [0.1, 0.15) is 63.0 Å². The number of esters is 1. The molecule has 128 valence electrons. The smallest absolute Gasteiger partial charge is 0.305 e. The molecule has 1 atom stereocenters. The molecule has 1 aromatic carbocycles. The first-order chi connectivity index (χ1) is 11.2. The van der Waals surface area contributed by atoms with Crippen LogP contribution in [-0.4, -0.2) is 19.1 Å². The first kappa shape index (κ1) is 18.0. The molecular formula is C20H31NO2. The van der Waals surface area contributed by atoms with Gasteiger partial charge in [0.05, 0.1) is 7.11 Å². The Hall–Kier alpha value is -1.35. The normalized spacial score (nSPS) is 17.0. The molecule has 1 N–H and O–H groups in total. The lowest BCUT2D eigenvalue weighted by Gasteiger charge is -2.25. The largest absolute Gasteiger partial charge is 0.469 e. The topological polar surface area (TPSA) is 38.3 Å². The number of aryl methyl sites for hydroxylation is 1. The van der Waals surface area contributed by atoms with E-state index in [0.717, 1.165) is 18.9 Å². The maximum atomic E-state index is 11.3. The van der Waals surface area contributed by atoms with Gasteiger partial charge in [0.15, 0.2) is 0 Å². The molecule has 0 heterocycles. The molecule has 0 amide bonds. The van der Waals surface area contributed by atoms with Gasteiger partial charge in [-0.15, -0.1) is 0 Å². The van der Waals surface area contributed by atoms with Gasteiger partial charge in [-0.25, -0.2) is 0 Å². The van der Waals surface area contributed by atoms with E-state index < -0.39 is 0 Å². The summed E-state index contributed by atoms with van der Waals surface area (Å²) in [6.07, 6.45) is 9.54. The molecule has 1 aromatic rings. The Kier molecular flexibility index (Phi) is 7.60. The molecule has 23 heavy (non-hydrogen) atoms. The van der Waals surface area contributed by atoms with Crippen LogP contribution in [0.4, 0.5) is 0 Å². The minimum absolute atomic E-state index is 0.140. The Balaban J connectivity index is 1.80. The lowest BCUT2D eigenvalue weighted by atomic mass is 9.85. The van der Waals surface area contributed by atoms with Crippen molar-refractivity contribution in [2.24, 2.45) is 5.92 Å². The molecule has 0 radical (unpaired) electrons. The Labute approximate surface area is 140 Å². The van der Waals surface area contributed by atoms with E-state index >= 15 is 0 Å². The van der Waals surface area contributed by atoms with Crippen LogP contribution < -0.4 is 5.32 Å². The van der Waals surface area contributed by atoms with Crippen LogP contribution in [-0.2, 0) is 22.5 Å². The van der Waals surface area contributed by atoms with Gasteiger partial charge in [0.1, 0.15) is 0 Å². The van der Waals surface area contributed by atoms with Crippen LogP contribution in [0, 0.1) is 5.92 Å². The Bertz CT molecular complexity index is 480. The fraction of sp³-hybridized carbons (Fsp3) is 0.650. The summed E-state index contributed by atoms with van der Waals surface area (Å²) in [5.41, 5.74) is 2.54. The number of hydrogen-bond acceptors (Lipinski definition) is 3. The summed E-state index contributed by atoms with van der Waals surface area (Å²) in [7, 11) is 1.45. The third-order valence-electron chi connectivity index (χ3n) is 5.00. The van der Waals surface area contributed by atoms with Crippen molar-refractivity contribution in [3.8, 4) is 0 Å². The van der Waals surface area contributed by atoms with Crippen LogP contribution in [0.15, 0.2) is 24.3 Å². The summed E-state index contributed by atoms with van der Waals surface area (Å²) >= 11 is 0. The van der Waals surface area contributed by atoms with Crippen molar-refractivity contribution in [3.63, 3.8) is 0 Å². The van der Waals surface area contributed by atoms with E-state index in [1.807, 2.05) is 6.07 Å². The highest BCUT2D eigenvalue weighted by Gasteiger charge is 2.16. The average molecular weight is 317 g/mol. The molecule has 1 fully saturated rings. The number of hydrogen-bond donors (Lipinski definition) is 1. The van der Waals surface area contributed by atoms with Gasteiger partial charge in [-0.1, -0.05) is 56.4 Å². The number of carbonyl (C=O) groups is 1. The third-order valence-corrected chi connectivity index (χ3v) is 5.00. The first-order valence-corrected chi connectivity index (χ1v) is 9.06. The average Bonchev–Trinajstić information content (AvgIpc) is 2.59. The van der Waals surface area contributed by atoms with Crippen LogP contribution >= 0.6 is 0 Å². The van der Waals surface area contributed by atoms with E-state index in [4.69, 9.17) is 4.74 Å². The number of benzene rings is 1. The zero-order valence-electron chi connectivity index (χ0n) is 14.6. The number of rotatable bonds is 8. The van der Waals surface area contributed by atoms with Crippen LogP contribution in [0.5, 0.6) is 0 Å². The number of carbonyl (C=O) groups excluding carboxylic acids is 1. The third kappa shape index (κ3) is 6.34. The predicted molar refractivity (Wildman–Crippen MR) is 94.3 cm³/mol. The molecule has 1 unspecified atom stereocenters. The van der Waals surface area contributed by atoms with Gasteiger partial charge in [-0.3, -0.25) is 4.79 Å². The molecule has 1 aliphatic carbocycles. The van der Waals surface area contributed by atoms with Gasteiger partial charge in [0, 0.05) is 19.0 Å². The molecule has 0 aromatic heterocycles. The SMILES string of the molecule is COC(=O)CCc1ccccc1CNC(C)CC1CCCCC1. The zero-order valence-corrected chi connectivity index (χ0v) is 14.6. The summed E-state index contributed by atoms with van der Waals surface area (Å²) in [4.78, 5) is 11.3. The lowest BCUT2D eigenvalue weighted by Crippen LogP contribution is -2.29. The van der Waals surface area contributed by atoms with Gasteiger partial charge in [0.25, 0.3) is 0 Å². The zero-order chi connectivity index (χ0) is 16.5. The second-order valence-electron chi connectivity index (χ2n) is 6.87. The predicted octanol–water partition coefficient (Wildman–Crippen LogP) is 4.24. The molecule has 1 aliphatic rings. The Morgan fingerprint density at radius 3 is 2.61 bits per heavy atom. The van der Waals surface area contributed by atoms with E-state index in [2.05, 4.69) is 30.4 Å². The molecule has 1 saturated carbocycles. The maximum Gasteiger partial charge on any atom is 0.305 e. The second kappa shape index (κ2) is 9.71. The van der Waals surface area contributed by atoms with Crippen molar-refractivity contribution in [1.29, 1.82) is 0 Å². The lowest BCUT2D eigenvalue weighted by molar-refractivity contribution is -0.140. The number of nitrogens with one attached hydrogen (secondary N) is 1. The van der Waals surface area contributed by atoms with Crippen molar-refractivity contribution < 1.29 is 9.53 Å². The Morgan fingerprint density at radius 1 is 1.22 bits per heavy atom. The minimum atomic E-state index is -0.140. The van der Waals surface area contributed by atoms with Crippen molar-refractivity contribution >= 4 is 5.97 Å². The van der Waals surface area contributed by atoms with Crippen LogP contribution in [0.2, 0.25) is 0 Å². The number of methoxy groups -OCH3 is 1. The summed E-state index contributed by atoms with van der Waals surface area (Å²) in [6, 6.07) is 8.94. The summed E-state index contributed by atoms with van der Waals surface area (Å²) < 4.78 is 4.74. The summed E-state index contributed by atoms with van der Waals surface area (Å²) in [5, 5.41) is 3.67. The quantitative estimate of drug-likeness (QED) is 0.729. The molecule has 3 nitrogen and oxygen atoms in total. The van der Waals surface area contributed by atoms with Gasteiger partial charge in [-0.05, 0) is 36.8 Å². The van der Waals surface area contributed by atoms with Gasteiger partial charge < -0.3 is 10.1 Å². The van der Waals surface area contributed by atoms with Gasteiger partial charge in [0.2, 0.25) is 0 Å². The monoisotopic (exact) mass is 317 g/mol. The van der Waals surface area contributed by atoms with Crippen LogP contribution in [0.25, 0.3) is 0 Å². The first-order valence-electron chi connectivity index (χ1n) is 9.06. The van der Waals surface area contributed by atoms with Crippen LogP contribution in [0.3, 0.4) is 0 Å². The molecule has 0 aliphatic heterocycles. The maximum absolute atomic E-state index is 11.3. The molecule has 0 saturated heterocycles. The Morgan fingerprint density at radius 2 is 1.91 bits per heavy atom. The molecule has 0 spiro atoms. The summed E-state index contributed by atoms with van der Waals surface area (Å²) in [5.74, 6) is 0.763. The van der Waals surface area contributed by atoms with E-state index in [-0.39, 0.29) is 5.97 Å². The van der Waals surface area contributed by atoms with E-state index in [0.29, 0.717) is 12.5 Å². The summed E-state index contributed by atoms with van der Waals surface area (Å²) in [6.45, 7) is 3.18. The molecule has 2 rings (SSSR count). The van der Waals surface area contributed by atoms with Crippen molar-refractivity contribution in [1.82, 2.24) is 5.32 Å².